The molecule has 0 aliphatic carbocycles. The van der Waals surface area contributed by atoms with E-state index in [1.807, 2.05) is 6.07 Å². The van der Waals surface area contributed by atoms with Gasteiger partial charge in [-0.15, -0.1) is 0 Å². The molecule has 0 saturated carbocycles. The molecule has 0 amide bonds. The van der Waals surface area contributed by atoms with Crippen molar-refractivity contribution in [1.82, 2.24) is 4.98 Å². The molecule has 15 heavy (non-hydrogen) atoms. The van der Waals surface area contributed by atoms with Crippen molar-refractivity contribution in [3.8, 4) is 5.75 Å². The summed E-state index contributed by atoms with van der Waals surface area (Å²) in [5.74, 6) is 0.255. The fourth-order valence-corrected chi connectivity index (χ4v) is 1.45. The van der Waals surface area contributed by atoms with E-state index in [2.05, 4.69) is 4.98 Å². The van der Waals surface area contributed by atoms with E-state index in [9.17, 15) is 10.1 Å². The minimum absolute atomic E-state index is 0.115. The lowest BCUT2D eigenvalue weighted by atomic mass is 10.2. The van der Waals surface area contributed by atoms with Crippen LogP contribution < -0.4 is 4.74 Å². The van der Waals surface area contributed by atoms with Gasteiger partial charge in [-0.05, 0) is 12.1 Å². The molecule has 0 atom stereocenters. The smallest absolute Gasteiger partial charge is 0.329 e. The Balaban J connectivity index is 2.81. The van der Waals surface area contributed by atoms with Crippen LogP contribution >= 0.6 is 0 Å². The topological polar surface area (TPSA) is 65.3 Å². The number of pyridine rings is 1. The number of rotatable bonds is 2. The molecule has 0 unspecified atom stereocenters. The van der Waals surface area contributed by atoms with Crippen LogP contribution in [0.1, 0.15) is 0 Å². The Morgan fingerprint density at radius 2 is 2.13 bits per heavy atom. The number of nitro groups is 1. The van der Waals surface area contributed by atoms with Crippen LogP contribution in [0, 0.1) is 10.1 Å². The number of methoxy groups -OCH3 is 1. The first-order chi connectivity index (χ1) is 7.24. The lowest BCUT2D eigenvalue weighted by molar-refractivity contribution is -0.385. The Hall–Kier alpha value is -2.17. The SMILES string of the molecule is COc1c([N+](=O)[O-])cnc2ccccc12. The molecule has 5 nitrogen and oxygen atoms in total. The fourth-order valence-electron chi connectivity index (χ4n) is 1.45. The van der Waals surface area contributed by atoms with E-state index in [0.717, 1.165) is 0 Å². The van der Waals surface area contributed by atoms with E-state index in [1.54, 1.807) is 18.2 Å². The Morgan fingerprint density at radius 1 is 1.40 bits per heavy atom. The van der Waals surface area contributed by atoms with Gasteiger partial charge in [-0.25, -0.2) is 4.98 Å². The highest BCUT2D eigenvalue weighted by molar-refractivity contribution is 5.88. The predicted octanol–water partition coefficient (Wildman–Crippen LogP) is 2.15. The summed E-state index contributed by atoms with van der Waals surface area (Å²) in [6.45, 7) is 0. The molecule has 0 radical (unpaired) electrons. The van der Waals surface area contributed by atoms with E-state index in [1.165, 1.54) is 13.3 Å². The standard InChI is InChI=1S/C10H8N2O3/c1-15-10-7-4-2-3-5-8(7)11-6-9(10)12(13)14/h2-6H,1H3. The van der Waals surface area contributed by atoms with Gasteiger partial charge in [-0.2, -0.15) is 0 Å². The van der Waals surface area contributed by atoms with Crippen LogP contribution in [-0.4, -0.2) is 17.0 Å². The fraction of sp³-hybridized carbons (Fsp3) is 0.100. The van der Waals surface area contributed by atoms with Crippen LogP contribution in [0.3, 0.4) is 0 Å². The lowest BCUT2D eigenvalue weighted by Crippen LogP contribution is -1.95. The highest BCUT2D eigenvalue weighted by Gasteiger charge is 2.17. The third kappa shape index (κ3) is 1.48. The van der Waals surface area contributed by atoms with Gasteiger partial charge in [0.1, 0.15) is 6.20 Å². The summed E-state index contributed by atoms with van der Waals surface area (Å²) in [6.07, 6.45) is 1.21. The van der Waals surface area contributed by atoms with Crippen molar-refractivity contribution in [1.29, 1.82) is 0 Å². The largest absolute Gasteiger partial charge is 0.490 e. The number of ether oxygens (including phenoxy) is 1. The maximum Gasteiger partial charge on any atom is 0.329 e. The number of hydrogen-bond acceptors (Lipinski definition) is 4. The van der Waals surface area contributed by atoms with Crippen molar-refractivity contribution in [2.75, 3.05) is 7.11 Å². The molecule has 1 aromatic carbocycles. The molecule has 5 heteroatoms. The maximum absolute atomic E-state index is 10.7. The van der Waals surface area contributed by atoms with Gasteiger partial charge in [-0.3, -0.25) is 10.1 Å². The van der Waals surface area contributed by atoms with Crippen LogP contribution in [-0.2, 0) is 0 Å². The van der Waals surface area contributed by atoms with Gasteiger partial charge in [0, 0.05) is 5.39 Å². The molecule has 76 valence electrons. The highest BCUT2D eigenvalue weighted by atomic mass is 16.6. The first kappa shape index (κ1) is 9.39. The minimum Gasteiger partial charge on any atom is -0.490 e. The second kappa shape index (κ2) is 3.53. The van der Waals surface area contributed by atoms with Crippen molar-refractivity contribution in [2.24, 2.45) is 0 Å². The van der Waals surface area contributed by atoms with Crippen molar-refractivity contribution in [3.05, 3.63) is 40.6 Å². The Bertz CT molecular complexity index is 525. The van der Waals surface area contributed by atoms with Crippen molar-refractivity contribution in [2.45, 2.75) is 0 Å². The number of para-hydroxylation sites is 1. The van der Waals surface area contributed by atoms with Crippen LogP contribution in [0.2, 0.25) is 0 Å². The van der Waals surface area contributed by atoms with Crippen LogP contribution in [0.5, 0.6) is 5.75 Å². The number of hydrogen-bond donors (Lipinski definition) is 0. The van der Waals surface area contributed by atoms with Gasteiger partial charge in [0.2, 0.25) is 5.75 Å². The molecule has 1 aromatic heterocycles. The zero-order chi connectivity index (χ0) is 10.8. The predicted molar refractivity (Wildman–Crippen MR) is 54.9 cm³/mol. The number of nitrogens with zero attached hydrogens (tertiary/aromatic N) is 2. The molecule has 2 aromatic rings. The molecule has 0 saturated heterocycles. The van der Waals surface area contributed by atoms with E-state index >= 15 is 0 Å². The molecule has 1 heterocycles. The first-order valence-electron chi connectivity index (χ1n) is 4.30. The Morgan fingerprint density at radius 3 is 2.80 bits per heavy atom. The van der Waals surface area contributed by atoms with Crippen molar-refractivity contribution in [3.63, 3.8) is 0 Å². The zero-order valence-electron chi connectivity index (χ0n) is 8.01. The van der Waals surface area contributed by atoms with Crippen LogP contribution in [0.15, 0.2) is 30.5 Å². The van der Waals surface area contributed by atoms with Crippen LogP contribution in [0.4, 0.5) is 5.69 Å². The number of fused-ring (bicyclic) bond motifs is 1. The summed E-state index contributed by atoms with van der Waals surface area (Å²) in [4.78, 5) is 14.2. The second-order valence-electron chi connectivity index (χ2n) is 2.95. The Kier molecular flexibility index (Phi) is 2.21. The third-order valence-corrected chi connectivity index (χ3v) is 2.11. The monoisotopic (exact) mass is 204 g/mol. The van der Waals surface area contributed by atoms with Crippen molar-refractivity contribution >= 4 is 16.6 Å². The molecule has 0 N–H and O–H groups in total. The molecule has 0 bridgehead atoms. The molecular formula is C10H8N2O3. The molecule has 0 spiro atoms. The van der Waals surface area contributed by atoms with E-state index in [4.69, 9.17) is 4.74 Å². The third-order valence-electron chi connectivity index (χ3n) is 2.11. The van der Waals surface area contributed by atoms with Gasteiger partial charge in [0.05, 0.1) is 17.5 Å². The maximum atomic E-state index is 10.7. The number of benzene rings is 1. The van der Waals surface area contributed by atoms with E-state index in [0.29, 0.717) is 10.9 Å². The van der Waals surface area contributed by atoms with Gasteiger partial charge >= 0.3 is 5.69 Å². The van der Waals surface area contributed by atoms with Gasteiger partial charge in [-0.1, -0.05) is 12.1 Å². The van der Waals surface area contributed by atoms with Crippen LogP contribution in [0.25, 0.3) is 10.9 Å². The summed E-state index contributed by atoms with van der Waals surface area (Å²) in [5.41, 5.74) is 0.566. The summed E-state index contributed by atoms with van der Waals surface area (Å²) in [6, 6.07) is 7.13. The minimum atomic E-state index is -0.502. The van der Waals surface area contributed by atoms with E-state index in [-0.39, 0.29) is 11.4 Å². The first-order valence-corrected chi connectivity index (χ1v) is 4.30. The molecule has 0 aliphatic rings. The molecule has 0 fully saturated rings. The average molecular weight is 204 g/mol. The van der Waals surface area contributed by atoms with E-state index < -0.39 is 4.92 Å². The quantitative estimate of drug-likeness (QED) is 0.555. The summed E-state index contributed by atoms with van der Waals surface area (Å²) in [5, 5.41) is 11.4. The molecule has 2 rings (SSSR count). The summed E-state index contributed by atoms with van der Waals surface area (Å²) >= 11 is 0. The Labute approximate surface area is 85.5 Å². The van der Waals surface area contributed by atoms with Gasteiger partial charge in [0.25, 0.3) is 0 Å². The van der Waals surface area contributed by atoms with Gasteiger partial charge < -0.3 is 4.74 Å². The zero-order valence-corrected chi connectivity index (χ0v) is 8.01. The highest BCUT2D eigenvalue weighted by Crippen LogP contribution is 2.32. The number of aromatic nitrogens is 1. The normalized spacial score (nSPS) is 10.2. The van der Waals surface area contributed by atoms with Crippen molar-refractivity contribution < 1.29 is 9.66 Å². The average Bonchev–Trinajstić information content (AvgIpc) is 2.27. The second-order valence-corrected chi connectivity index (χ2v) is 2.95. The summed E-state index contributed by atoms with van der Waals surface area (Å²) < 4.78 is 5.04. The van der Waals surface area contributed by atoms with Gasteiger partial charge in [0.15, 0.2) is 0 Å². The summed E-state index contributed by atoms with van der Waals surface area (Å²) in [7, 11) is 1.41. The molecular weight excluding hydrogens is 196 g/mol. The lowest BCUT2D eigenvalue weighted by Gasteiger charge is -2.04. The molecule has 0 aliphatic heterocycles.